The standard InChI is InChI=1S/C13H15NO2/c1-9-11-7-12(11)13(15)14(16-9)8-10-5-3-2-4-6-10/h2-6,9,11-12H,7-8H2,1H3. The van der Waals surface area contributed by atoms with E-state index in [9.17, 15) is 4.79 Å². The first-order valence-corrected chi connectivity index (χ1v) is 5.78. The summed E-state index contributed by atoms with van der Waals surface area (Å²) < 4.78 is 0. The molecule has 3 atom stereocenters. The number of nitrogens with zero attached hydrogens (tertiary/aromatic N) is 1. The normalized spacial score (nSPS) is 32.4. The third kappa shape index (κ3) is 1.61. The molecule has 2 fully saturated rings. The van der Waals surface area contributed by atoms with Crippen LogP contribution in [-0.4, -0.2) is 17.1 Å². The fraction of sp³-hybridized carbons (Fsp3) is 0.462. The predicted octanol–water partition coefficient (Wildman–Crippen LogP) is 1.98. The van der Waals surface area contributed by atoms with Crippen molar-refractivity contribution in [2.75, 3.05) is 0 Å². The van der Waals surface area contributed by atoms with Crippen LogP contribution in [0.4, 0.5) is 0 Å². The fourth-order valence-electron chi connectivity index (χ4n) is 2.40. The number of amides is 1. The highest BCUT2D eigenvalue weighted by Gasteiger charge is 2.53. The Kier molecular flexibility index (Phi) is 2.21. The van der Waals surface area contributed by atoms with Gasteiger partial charge in [0.2, 0.25) is 5.91 Å². The molecule has 3 heteroatoms. The summed E-state index contributed by atoms with van der Waals surface area (Å²) in [7, 11) is 0. The Bertz CT molecular complexity index is 404. The van der Waals surface area contributed by atoms with Crippen LogP contribution in [0.25, 0.3) is 0 Å². The molecule has 2 aliphatic rings. The van der Waals surface area contributed by atoms with Crippen LogP contribution in [0, 0.1) is 11.8 Å². The van der Waals surface area contributed by atoms with Crippen LogP contribution in [0.15, 0.2) is 30.3 Å². The van der Waals surface area contributed by atoms with E-state index in [0.29, 0.717) is 12.5 Å². The Morgan fingerprint density at radius 2 is 2.12 bits per heavy atom. The summed E-state index contributed by atoms with van der Waals surface area (Å²) in [5.74, 6) is 0.860. The lowest BCUT2D eigenvalue weighted by molar-refractivity contribution is -0.225. The van der Waals surface area contributed by atoms with Gasteiger partial charge in [0.1, 0.15) is 0 Å². The number of fused-ring (bicyclic) bond motifs is 1. The number of carbonyl (C=O) groups is 1. The van der Waals surface area contributed by atoms with Crippen LogP contribution < -0.4 is 0 Å². The number of benzene rings is 1. The Morgan fingerprint density at radius 1 is 1.38 bits per heavy atom. The van der Waals surface area contributed by atoms with E-state index in [2.05, 4.69) is 6.92 Å². The topological polar surface area (TPSA) is 29.5 Å². The molecule has 0 spiro atoms. The van der Waals surface area contributed by atoms with Crippen molar-refractivity contribution in [3.8, 4) is 0 Å². The third-order valence-corrected chi connectivity index (χ3v) is 3.47. The minimum Gasteiger partial charge on any atom is -0.272 e. The van der Waals surface area contributed by atoms with E-state index in [4.69, 9.17) is 4.84 Å². The molecule has 84 valence electrons. The number of hydroxylamine groups is 2. The average Bonchev–Trinajstić information content (AvgIpc) is 3.07. The van der Waals surface area contributed by atoms with Gasteiger partial charge in [0.15, 0.2) is 0 Å². The lowest BCUT2D eigenvalue weighted by atomic mass is 10.1. The van der Waals surface area contributed by atoms with Crippen molar-refractivity contribution in [2.24, 2.45) is 11.8 Å². The van der Waals surface area contributed by atoms with Gasteiger partial charge in [-0.1, -0.05) is 30.3 Å². The molecule has 1 aromatic carbocycles. The molecular formula is C13H15NO2. The van der Waals surface area contributed by atoms with Crippen LogP contribution >= 0.6 is 0 Å². The van der Waals surface area contributed by atoms with Gasteiger partial charge in [0.25, 0.3) is 0 Å². The highest BCUT2D eigenvalue weighted by atomic mass is 16.7. The van der Waals surface area contributed by atoms with Crippen molar-refractivity contribution >= 4 is 5.91 Å². The maximum absolute atomic E-state index is 11.9. The first kappa shape index (κ1) is 9.85. The SMILES string of the molecule is CC1ON(Cc2ccccc2)C(=O)C2CC12. The zero-order chi connectivity index (χ0) is 11.1. The van der Waals surface area contributed by atoms with Gasteiger partial charge >= 0.3 is 0 Å². The van der Waals surface area contributed by atoms with Crippen LogP contribution in [-0.2, 0) is 16.2 Å². The predicted molar refractivity (Wildman–Crippen MR) is 59.1 cm³/mol. The summed E-state index contributed by atoms with van der Waals surface area (Å²) in [5, 5.41) is 1.54. The number of rotatable bonds is 2. The van der Waals surface area contributed by atoms with Gasteiger partial charge in [-0.2, -0.15) is 0 Å². The Balaban J connectivity index is 1.73. The van der Waals surface area contributed by atoms with Gasteiger partial charge in [-0.15, -0.1) is 0 Å². The molecule has 1 saturated heterocycles. The summed E-state index contributed by atoms with van der Waals surface area (Å²) in [6.45, 7) is 2.61. The summed E-state index contributed by atoms with van der Waals surface area (Å²) in [5.41, 5.74) is 1.11. The minimum atomic E-state index is 0.159. The van der Waals surface area contributed by atoms with Crippen LogP contribution in [0.1, 0.15) is 18.9 Å². The maximum Gasteiger partial charge on any atom is 0.249 e. The summed E-state index contributed by atoms with van der Waals surface area (Å²) in [6, 6.07) is 9.96. The Hall–Kier alpha value is -1.35. The highest BCUT2D eigenvalue weighted by Crippen LogP contribution is 2.47. The molecule has 0 radical (unpaired) electrons. The molecule has 1 aromatic rings. The molecule has 0 bridgehead atoms. The molecule has 3 unspecified atom stereocenters. The number of hydrogen-bond donors (Lipinski definition) is 0. The molecule has 1 aliphatic carbocycles. The first-order chi connectivity index (χ1) is 7.75. The zero-order valence-corrected chi connectivity index (χ0v) is 9.30. The zero-order valence-electron chi connectivity index (χ0n) is 9.30. The number of hydrogen-bond acceptors (Lipinski definition) is 2. The molecule has 1 amide bonds. The van der Waals surface area contributed by atoms with E-state index in [1.807, 2.05) is 30.3 Å². The van der Waals surface area contributed by atoms with E-state index in [1.54, 1.807) is 0 Å². The van der Waals surface area contributed by atoms with Crippen LogP contribution in [0.2, 0.25) is 0 Å². The minimum absolute atomic E-state index is 0.159. The van der Waals surface area contributed by atoms with Gasteiger partial charge in [-0.05, 0) is 24.8 Å². The quantitative estimate of drug-likeness (QED) is 0.758. The molecule has 3 nitrogen and oxygen atoms in total. The lowest BCUT2D eigenvalue weighted by Crippen LogP contribution is -2.40. The maximum atomic E-state index is 11.9. The Morgan fingerprint density at radius 3 is 2.88 bits per heavy atom. The van der Waals surface area contributed by atoms with E-state index in [0.717, 1.165) is 12.0 Å². The van der Waals surface area contributed by atoms with Crippen LogP contribution in [0.5, 0.6) is 0 Å². The summed E-state index contributed by atoms with van der Waals surface area (Å²) in [6.07, 6.45) is 1.19. The average molecular weight is 217 g/mol. The van der Waals surface area contributed by atoms with Crippen molar-refractivity contribution < 1.29 is 9.63 Å². The largest absolute Gasteiger partial charge is 0.272 e. The van der Waals surface area contributed by atoms with Crippen molar-refractivity contribution in [1.29, 1.82) is 0 Å². The van der Waals surface area contributed by atoms with E-state index >= 15 is 0 Å². The van der Waals surface area contributed by atoms with Gasteiger partial charge in [-0.3, -0.25) is 9.63 Å². The monoisotopic (exact) mass is 217 g/mol. The number of carbonyl (C=O) groups excluding carboxylic acids is 1. The Labute approximate surface area is 95.0 Å². The van der Waals surface area contributed by atoms with Gasteiger partial charge in [0, 0.05) is 5.92 Å². The smallest absolute Gasteiger partial charge is 0.249 e. The first-order valence-electron chi connectivity index (χ1n) is 5.78. The van der Waals surface area contributed by atoms with Gasteiger partial charge in [0.05, 0.1) is 12.6 Å². The third-order valence-electron chi connectivity index (χ3n) is 3.47. The molecule has 1 aliphatic heterocycles. The summed E-state index contributed by atoms with van der Waals surface area (Å²) in [4.78, 5) is 17.6. The van der Waals surface area contributed by atoms with Crippen molar-refractivity contribution in [1.82, 2.24) is 5.06 Å². The van der Waals surface area contributed by atoms with Crippen molar-refractivity contribution in [3.05, 3.63) is 35.9 Å². The molecule has 0 aromatic heterocycles. The molecule has 3 rings (SSSR count). The molecular weight excluding hydrogens is 202 g/mol. The lowest BCUT2D eigenvalue weighted by Gasteiger charge is -2.29. The second-order valence-electron chi connectivity index (χ2n) is 4.68. The molecule has 1 saturated carbocycles. The van der Waals surface area contributed by atoms with Gasteiger partial charge < -0.3 is 0 Å². The summed E-state index contributed by atoms with van der Waals surface area (Å²) >= 11 is 0. The molecule has 16 heavy (non-hydrogen) atoms. The second-order valence-corrected chi connectivity index (χ2v) is 4.68. The van der Waals surface area contributed by atoms with E-state index < -0.39 is 0 Å². The van der Waals surface area contributed by atoms with Crippen molar-refractivity contribution in [2.45, 2.75) is 26.0 Å². The van der Waals surface area contributed by atoms with E-state index in [1.165, 1.54) is 5.06 Å². The second kappa shape index (κ2) is 3.59. The fourth-order valence-corrected chi connectivity index (χ4v) is 2.40. The van der Waals surface area contributed by atoms with Gasteiger partial charge in [-0.25, -0.2) is 5.06 Å². The highest BCUT2D eigenvalue weighted by molar-refractivity contribution is 5.81. The molecule has 1 heterocycles. The van der Waals surface area contributed by atoms with Crippen molar-refractivity contribution in [3.63, 3.8) is 0 Å². The van der Waals surface area contributed by atoms with Crippen LogP contribution in [0.3, 0.4) is 0 Å². The van der Waals surface area contributed by atoms with E-state index in [-0.39, 0.29) is 17.9 Å². The molecule has 0 N–H and O–H groups in total.